The Morgan fingerprint density at radius 3 is 2.92 bits per heavy atom. The zero-order valence-corrected chi connectivity index (χ0v) is 14.2. The van der Waals surface area contributed by atoms with E-state index >= 15 is 0 Å². The van der Waals surface area contributed by atoms with Crippen LogP contribution in [0.25, 0.3) is 0 Å². The first kappa shape index (κ1) is 16.9. The van der Waals surface area contributed by atoms with Crippen molar-refractivity contribution in [2.24, 2.45) is 0 Å². The van der Waals surface area contributed by atoms with Gasteiger partial charge in [-0.25, -0.2) is 0 Å². The fraction of sp³-hybridized carbons (Fsp3) is 0.316. The number of rotatable bonds is 7. The van der Waals surface area contributed by atoms with Gasteiger partial charge in [0.15, 0.2) is 0 Å². The summed E-state index contributed by atoms with van der Waals surface area (Å²) < 4.78 is 5.46. The number of amides is 1. The van der Waals surface area contributed by atoms with E-state index in [1.165, 1.54) is 0 Å². The number of hydrogen-bond donors (Lipinski definition) is 2. The Morgan fingerprint density at radius 1 is 1.25 bits per heavy atom. The van der Waals surface area contributed by atoms with Crippen LogP contribution in [0.4, 0.5) is 0 Å². The van der Waals surface area contributed by atoms with Crippen LogP contribution in [0, 0.1) is 0 Å². The van der Waals surface area contributed by atoms with Crippen molar-refractivity contribution in [1.29, 1.82) is 0 Å². The molecule has 5 heteroatoms. The van der Waals surface area contributed by atoms with Crippen molar-refractivity contribution in [1.82, 2.24) is 5.32 Å². The average Bonchev–Trinajstić information content (AvgIpc) is 3.08. The Kier molecular flexibility index (Phi) is 5.77. The van der Waals surface area contributed by atoms with Crippen LogP contribution < -0.4 is 10.1 Å². The monoisotopic (exact) mass is 343 g/mol. The van der Waals surface area contributed by atoms with Crippen LogP contribution in [0.5, 0.6) is 5.75 Å². The number of aliphatic hydroxyl groups is 1. The van der Waals surface area contributed by atoms with Gasteiger partial charge in [-0.1, -0.05) is 24.3 Å². The molecule has 3 rings (SSSR count). The Morgan fingerprint density at radius 2 is 2.08 bits per heavy atom. The first-order valence-electron chi connectivity index (χ1n) is 8.10. The van der Waals surface area contributed by atoms with E-state index in [1.807, 2.05) is 48.5 Å². The smallest absolute Gasteiger partial charge is 0.220 e. The van der Waals surface area contributed by atoms with Gasteiger partial charge in [0.1, 0.15) is 5.75 Å². The Hall–Kier alpha value is -1.98. The molecule has 0 saturated heterocycles. The fourth-order valence-corrected chi connectivity index (χ4v) is 3.48. The maximum Gasteiger partial charge on any atom is 0.220 e. The molecule has 0 radical (unpaired) electrons. The second-order valence-corrected chi connectivity index (χ2v) is 6.87. The average molecular weight is 343 g/mol. The number of thioether (sulfide) groups is 1. The topological polar surface area (TPSA) is 58.6 Å². The molecule has 24 heavy (non-hydrogen) atoms. The highest BCUT2D eigenvalue weighted by Crippen LogP contribution is 2.28. The standard InChI is InChI=1S/C19H21NO3S/c21-17(14-6-7-18-15(12-14)8-10-23-18)13-20-19(22)9-11-24-16-4-2-1-3-5-16/h1-7,12,17,21H,8-11,13H2,(H,20,22)/t17-/m0/s1. The predicted molar refractivity (Wildman–Crippen MR) is 95.4 cm³/mol. The lowest BCUT2D eigenvalue weighted by Gasteiger charge is -2.13. The largest absolute Gasteiger partial charge is 0.493 e. The third-order valence-corrected chi connectivity index (χ3v) is 4.95. The van der Waals surface area contributed by atoms with Gasteiger partial charge < -0.3 is 15.2 Å². The molecule has 0 saturated carbocycles. The molecule has 1 aliphatic rings. The van der Waals surface area contributed by atoms with E-state index in [0.717, 1.165) is 33.9 Å². The minimum Gasteiger partial charge on any atom is -0.493 e. The van der Waals surface area contributed by atoms with Crippen LogP contribution in [0.3, 0.4) is 0 Å². The van der Waals surface area contributed by atoms with Crippen molar-refractivity contribution in [3.63, 3.8) is 0 Å². The van der Waals surface area contributed by atoms with Crippen molar-refractivity contribution in [3.8, 4) is 5.75 Å². The summed E-state index contributed by atoms with van der Waals surface area (Å²) in [6.45, 7) is 0.930. The van der Waals surface area contributed by atoms with Gasteiger partial charge in [-0.05, 0) is 35.4 Å². The van der Waals surface area contributed by atoms with Crippen molar-refractivity contribution in [3.05, 3.63) is 59.7 Å². The number of benzene rings is 2. The van der Waals surface area contributed by atoms with Crippen LogP contribution in [0.2, 0.25) is 0 Å². The number of carbonyl (C=O) groups is 1. The highest BCUT2D eigenvalue weighted by Gasteiger charge is 2.16. The molecular weight excluding hydrogens is 322 g/mol. The molecule has 1 aliphatic heterocycles. The highest BCUT2D eigenvalue weighted by atomic mass is 32.2. The summed E-state index contributed by atoms with van der Waals surface area (Å²) in [5, 5.41) is 13.0. The first-order valence-corrected chi connectivity index (χ1v) is 9.09. The summed E-state index contributed by atoms with van der Waals surface area (Å²) in [5.41, 5.74) is 1.94. The maximum absolute atomic E-state index is 11.9. The van der Waals surface area contributed by atoms with Crippen molar-refractivity contribution in [2.75, 3.05) is 18.9 Å². The SMILES string of the molecule is O=C(CCSc1ccccc1)NC[C@H](O)c1ccc2c(c1)CCO2. The quantitative estimate of drug-likeness (QED) is 0.759. The van der Waals surface area contributed by atoms with Gasteiger partial charge in [0.2, 0.25) is 5.91 Å². The summed E-state index contributed by atoms with van der Waals surface area (Å²) in [6.07, 6.45) is 0.616. The summed E-state index contributed by atoms with van der Waals surface area (Å²) in [6, 6.07) is 15.7. The van der Waals surface area contributed by atoms with Crippen molar-refractivity contribution >= 4 is 17.7 Å². The van der Waals surface area contributed by atoms with Crippen molar-refractivity contribution in [2.45, 2.75) is 23.8 Å². The van der Waals surface area contributed by atoms with Gasteiger partial charge in [-0.15, -0.1) is 11.8 Å². The summed E-state index contributed by atoms with van der Waals surface area (Å²) in [4.78, 5) is 13.1. The lowest BCUT2D eigenvalue weighted by Crippen LogP contribution is -2.28. The minimum atomic E-state index is -0.693. The lowest BCUT2D eigenvalue weighted by atomic mass is 10.0. The van der Waals surface area contributed by atoms with E-state index in [-0.39, 0.29) is 12.5 Å². The molecule has 2 N–H and O–H groups in total. The van der Waals surface area contributed by atoms with Crippen LogP contribution >= 0.6 is 11.8 Å². The van der Waals surface area contributed by atoms with Crippen LogP contribution in [0.1, 0.15) is 23.7 Å². The molecule has 1 atom stereocenters. The van der Waals surface area contributed by atoms with Gasteiger partial charge in [-0.2, -0.15) is 0 Å². The lowest BCUT2D eigenvalue weighted by molar-refractivity contribution is -0.121. The first-order chi connectivity index (χ1) is 11.7. The number of aliphatic hydroxyl groups excluding tert-OH is 1. The van der Waals surface area contributed by atoms with E-state index in [9.17, 15) is 9.90 Å². The van der Waals surface area contributed by atoms with Crippen LogP contribution in [-0.4, -0.2) is 29.9 Å². The van der Waals surface area contributed by atoms with Gasteiger partial charge >= 0.3 is 0 Å². The van der Waals surface area contributed by atoms with E-state index in [1.54, 1.807) is 11.8 Å². The number of hydrogen-bond acceptors (Lipinski definition) is 4. The number of nitrogens with one attached hydrogen (secondary N) is 1. The number of carbonyl (C=O) groups excluding carboxylic acids is 1. The molecule has 2 aromatic carbocycles. The molecule has 1 heterocycles. The normalized spacial score (nSPS) is 13.9. The fourth-order valence-electron chi connectivity index (χ4n) is 2.61. The zero-order chi connectivity index (χ0) is 16.8. The van der Waals surface area contributed by atoms with Gasteiger partial charge in [-0.3, -0.25) is 4.79 Å². The molecule has 0 bridgehead atoms. The molecule has 1 amide bonds. The molecule has 0 unspecified atom stereocenters. The number of ether oxygens (including phenoxy) is 1. The second-order valence-electron chi connectivity index (χ2n) is 5.70. The summed E-state index contributed by atoms with van der Waals surface area (Å²) in [5.74, 6) is 1.58. The second kappa shape index (κ2) is 8.22. The van der Waals surface area contributed by atoms with Gasteiger partial charge in [0.05, 0.1) is 12.7 Å². The molecular formula is C19H21NO3S. The van der Waals surface area contributed by atoms with E-state index < -0.39 is 6.10 Å². The predicted octanol–water partition coefficient (Wildman–Crippen LogP) is 2.95. The molecule has 126 valence electrons. The van der Waals surface area contributed by atoms with Crippen LogP contribution in [0.15, 0.2) is 53.4 Å². The Bertz CT molecular complexity index is 690. The Balaban J connectivity index is 1.41. The Labute approximate surface area is 146 Å². The van der Waals surface area contributed by atoms with E-state index in [4.69, 9.17) is 4.74 Å². The molecule has 0 aliphatic carbocycles. The van der Waals surface area contributed by atoms with E-state index in [0.29, 0.717) is 13.0 Å². The van der Waals surface area contributed by atoms with Crippen molar-refractivity contribution < 1.29 is 14.6 Å². The molecule has 0 fully saturated rings. The van der Waals surface area contributed by atoms with Crippen LogP contribution in [-0.2, 0) is 11.2 Å². The van der Waals surface area contributed by atoms with Gasteiger partial charge in [0, 0.05) is 30.0 Å². The zero-order valence-electron chi connectivity index (χ0n) is 13.4. The maximum atomic E-state index is 11.9. The minimum absolute atomic E-state index is 0.0398. The third kappa shape index (κ3) is 4.52. The highest BCUT2D eigenvalue weighted by molar-refractivity contribution is 7.99. The summed E-state index contributed by atoms with van der Waals surface area (Å²) in [7, 11) is 0. The van der Waals surface area contributed by atoms with E-state index in [2.05, 4.69) is 5.32 Å². The van der Waals surface area contributed by atoms with Gasteiger partial charge in [0.25, 0.3) is 0 Å². The third-order valence-electron chi connectivity index (χ3n) is 3.93. The molecule has 0 spiro atoms. The summed E-state index contributed by atoms with van der Waals surface area (Å²) >= 11 is 1.66. The molecule has 4 nitrogen and oxygen atoms in total. The number of fused-ring (bicyclic) bond motifs is 1. The molecule has 2 aromatic rings. The molecule has 0 aromatic heterocycles.